The lowest BCUT2D eigenvalue weighted by molar-refractivity contribution is 0.398. The Kier molecular flexibility index (Phi) is 6.23. The Balaban J connectivity index is 0.000000956. The minimum absolute atomic E-state index is 0.702. The standard InChI is InChI=1S/C16H19NO.C2H6/c1-5-13-10-11(2)6-8-14(13)15-9-7-12(3)17-16(15)18-4;1-2/h6-10H,5H2,1-4H3;1-2H3. The van der Waals surface area contributed by atoms with Crippen LogP contribution in [0.5, 0.6) is 5.88 Å². The highest BCUT2D eigenvalue weighted by molar-refractivity contribution is 5.72. The summed E-state index contributed by atoms with van der Waals surface area (Å²) in [6, 6.07) is 10.6. The third kappa shape index (κ3) is 3.60. The topological polar surface area (TPSA) is 22.1 Å². The van der Waals surface area contributed by atoms with Gasteiger partial charge in [0.15, 0.2) is 0 Å². The summed E-state index contributed by atoms with van der Waals surface area (Å²) < 4.78 is 5.40. The van der Waals surface area contributed by atoms with E-state index < -0.39 is 0 Å². The number of hydrogen-bond donors (Lipinski definition) is 0. The van der Waals surface area contributed by atoms with Crippen LogP contribution < -0.4 is 4.74 Å². The quantitative estimate of drug-likeness (QED) is 0.787. The maximum Gasteiger partial charge on any atom is 0.221 e. The molecule has 0 spiro atoms. The molecule has 2 heteroatoms. The molecule has 2 nitrogen and oxygen atoms in total. The van der Waals surface area contributed by atoms with Crippen molar-refractivity contribution in [3.05, 3.63) is 47.2 Å². The van der Waals surface area contributed by atoms with E-state index in [1.54, 1.807) is 7.11 Å². The maximum atomic E-state index is 5.40. The number of benzene rings is 1. The van der Waals surface area contributed by atoms with Crippen molar-refractivity contribution < 1.29 is 4.74 Å². The van der Waals surface area contributed by atoms with Gasteiger partial charge in [0.2, 0.25) is 5.88 Å². The summed E-state index contributed by atoms with van der Waals surface area (Å²) >= 11 is 0. The second-order valence-corrected chi connectivity index (χ2v) is 4.52. The van der Waals surface area contributed by atoms with E-state index in [0.717, 1.165) is 17.7 Å². The summed E-state index contributed by atoms with van der Waals surface area (Å²) in [6.45, 7) is 10.3. The van der Waals surface area contributed by atoms with E-state index >= 15 is 0 Å². The van der Waals surface area contributed by atoms with E-state index in [4.69, 9.17) is 4.74 Å². The van der Waals surface area contributed by atoms with Crippen LogP contribution in [0, 0.1) is 13.8 Å². The summed E-state index contributed by atoms with van der Waals surface area (Å²) in [5.41, 5.74) is 5.88. The van der Waals surface area contributed by atoms with E-state index in [1.165, 1.54) is 16.7 Å². The predicted molar refractivity (Wildman–Crippen MR) is 86.4 cm³/mol. The van der Waals surface area contributed by atoms with Gasteiger partial charge >= 0.3 is 0 Å². The molecule has 0 unspecified atom stereocenters. The van der Waals surface area contributed by atoms with E-state index in [2.05, 4.69) is 43.1 Å². The monoisotopic (exact) mass is 271 g/mol. The maximum absolute atomic E-state index is 5.40. The van der Waals surface area contributed by atoms with Gasteiger partial charge in [-0.1, -0.05) is 44.5 Å². The number of hydrogen-bond acceptors (Lipinski definition) is 2. The van der Waals surface area contributed by atoms with E-state index in [0.29, 0.717) is 5.88 Å². The molecule has 0 saturated heterocycles. The minimum atomic E-state index is 0.702. The van der Waals surface area contributed by atoms with Gasteiger partial charge in [0.05, 0.1) is 7.11 Å². The van der Waals surface area contributed by atoms with Crippen molar-refractivity contribution in [1.29, 1.82) is 0 Å². The van der Waals surface area contributed by atoms with Crippen LogP contribution in [0.1, 0.15) is 37.6 Å². The van der Waals surface area contributed by atoms with Crippen LogP contribution in [0.4, 0.5) is 0 Å². The molecule has 20 heavy (non-hydrogen) atoms. The molecule has 2 aromatic rings. The predicted octanol–water partition coefficient (Wildman–Crippen LogP) is 4.96. The third-order valence-electron chi connectivity index (χ3n) is 3.12. The Bertz CT molecular complexity index is 510. The molecule has 0 aliphatic heterocycles. The van der Waals surface area contributed by atoms with Crippen LogP contribution >= 0.6 is 0 Å². The van der Waals surface area contributed by atoms with Crippen molar-refractivity contribution in [1.82, 2.24) is 4.98 Å². The molecular weight excluding hydrogens is 246 g/mol. The first-order valence-corrected chi connectivity index (χ1v) is 7.27. The lowest BCUT2D eigenvalue weighted by atomic mass is 9.97. The average Bonchev–Trinajstić information content (AvgIpc) is 2.49. The summed E-state index contributed by atoms with van der Waals surface area (Å²) in [4.78, 5) is 4.44. The molecule has 1 heterocycles. The molecule has 0 bridgehead atoms. The zero-order valence-electron chi connectivity index (χ0n) is 13.4. The highest BCUT2D eigenvalue weighted by atomic mass is 16.5. The number of aryl methyl sites for hydroxylation is 3. The van der Waals surface area contributed by atoms with Crippen LogP contribution in [-0.2, 0) is 6.42 Å². The van der Waals surface area contributed by atoms with Crippen molar-refractivity contribution in [2.45, 2.75) is 41.0 Å². The normalized spacial score (nSPS) is 9.70. The fraction of sp³-hybridized carbons (Fsp3) is 0.389. The van der Waals surface area contributed by atoms with Gasteiger partial charge in [-0.25, -0.2) is 4.98 Å². The molecule has 0 aliphatic carbocycles. The number of ether oxygens (including phenoxy) is 1. The highest BCUT2D eigenvalue weighted by Crippen LogP contribution is 2.31. The largest absolute Gasteiger partial charge is 0.481 e. The number of pyridine rings is 1. The van der Waals surface area contributed by atoms with Crippen molar-refractivity contribution >= 4 is 0 Å². The zero-order chi connectivity index (χ0) is 15.1. The van der Waals surface area contributed by atoms with Crippen LogP contribution in [0.15, 0.2) is 30.3 Å². The van der Waals surface area contributed by atoms with Gasteiger partial charge in [-0.05, 0) is 43.5 Å². The Labute approximate surface area is 122 Å². The minimum Gasteiger partial charge on any atom is -0.481 e. The first kappa shape index (κ1) is 16.2. The van der Waals surface area contributed by atoms with Gasteiger partial charge in [0, 0.05) is 11.3 Å². The van der Waals surface area contributed by atoms with Crippen LogP contribution in [0.2, 0.25) is 0 Å². The molecule has 2 rings (SSSR count). The van der Waals surface area contributed by atoms with E-state index in [-0.39, 0.29) is 0 Å². The lowest BCUT2D eigenvalue weighted by Crippen LogP contribution is -1.96. The van der Waals surface area contributed by atoms with E-state index in [1.807, 2.05) is 26.8 Å². The highest BCUT2D eigenvalue weighted by Gasteiger charge is 2.11. The van der Waals surface area contributed by atoms with Crippen LogP contribution in [-0.4, -0.2) is 12.1 Å². The molecule has 0 atom stereocenters. The van der Waals surface area contributed by atoms with Crippen LogP contribution in [0.25, 0.3) is 11.1 Å². The molecule has 0 fully saturated rings. The zero-order valence-corrected chi connectivity index (χ0v) is 13.4. The third-order valence-corrected chi connectivity index (χ3v) is 3.12. The molecule has 1 aromatic carbocycles. The lowest BCUT2D eigenvalue weighted by Gasteiger charge is -2.12. The SMILES string of the molecule is CC.CCc1cc(C)ccc1-c1ccc(C)nc1OC. The van der Waals surface area contributed by atoms with E-state index in [9.17, 15) is 0 Å². The Morgan fingerprint density at radius 3 is 2.25 bits per heavy atom. The van der Waals surface area contributed by atoms with Crippen molar-refractivity contribution in [2.75, 3.05) is 7.11 Å². The summed E-state index contributed by atoms with van der Waals surface area (Å²) in [7, 11) is 1.67. The van der Waals surface area contributed by atoms with Gasteiger partial charge in [-0.2, -0.15) is 0 Å². The van der Waals surface area contributed by atoms with Crippen molar-refractivity contribution in [3.63, 3.8) is 0 Å². The Morgan fingerprint density at radius 1 is 1.00 bits per heavy atom. The first-order chi connectivity index (χ1) is 9.65. The van der Waals surface area contributed by atoms with Gasteiger partial charge in [0.25, 0.3) is 0 Å². The summed E-state index contributed by atoms with van der Waals surface area (Å²) in [5, 5.41) is 0. The fourth-order valence-electron chi connectivity index (χ4n) is 2.17. The molecule has 108 valence electrons. The van der Waals surface area contributed by atoms with Gasteiger partial charge < -0.3 is 4.74 Å². The number of aromatic nitrogens is 1. The summed E-state index contributed by atoms with van der Waals surface area (Å²) in [5.74, 6) is 0.702. The second-order valence-electron chi connectivity index (χ2n) is 4.52. The molecule has 0 aliphatic rings. The van der Waals surface area contributed by atoms with Crippen LogP contribution in [0.3, 0.4) is 0 Å². The van der Waals surface area contributed by atoms with Gasteiger partial charge in [-0.3, -0.25) is 0 Å². The first-order valence-electron chi connectivity index (χ1n) is 7.27. The van der Waals surface area contributed by atoms with Crippen molar-refractivity contribution in [3.8, 4) is 17.0 Å². The number of rotatable bonds is 3. The smallest absolute Gasteiger partial charge is 0.221 e. The molecule has 0 saturated carbocycles. The number of methoxy groups -OCH3 is 1. The molecule has 0 amide bonds. The summed E-state index contributed by atoms with van der Waals surface area (Å²) in [6.07, 6.45) is 1.01. The molecule has 0 N–H and O–H groups in total. The molecular formula is C18H25NO. The Morgan fingerprint density at radius 2 is 1.65 bits per heavy atom. The van der Waals surface area contributed by atoms with Gasteiger partial charge in [0.1, 0.15) is 0 Å². The molecule has 0 radical (unpaired) electrons. The van der Waals surface area contributed by atoms with Gasteiger partial charge in [-0.15, -0.1) is 0 Å². The average molecular weight is 271 g/mol. The Hall–Kier alpha value is -1.83. The second kappa shape index (κ2) is 7.68. The van der Waals surface area contributed by atoms with Crippen molar-refractivity contribution in [2.24, 2.45) is 0 Å². The fourth-order valence-corrected chi connectivity index (χ4v) is 2.17. The number of nitrogens with zero attached hydrogens (tertiary/aromatic N) is 1. The molecule has 1 aromatic heterocycles.